The van der Waals surface area contributed by atoms with Crippen LogP contribution >= 0.6 is 0 Å². The Hall–Kier alpha value is -1.02. The van der Waals surface area contributed by atoms with E-state index in [1.165, 1.54) is 0 Å². The maximum atomic E-state index is 11.7. The molecule has 0 N–H and O–H groups in total. The molecule has 2 atom stereocenters. The number of hydrogen-bond donors (Lipinski definition) is 0. The molecule has 0 aliphatic heterocycles. The summed E-state index contributed by atoms with van der Waals surface area (Å²) in [5.41, 5.74) is 8.16. The van der Waals surface area contributed by atoms with Crippen molar-refractivity contribution in [3.63, 3.8) is 0 Å². The van der Waals surface area contributed by atoms with Crippen molar-refractivity contribution in [2.24, 2.45) is 10.5 Å². The zero-order valence-corrected chi connectivity index (χ0v) is 7.57. The van der Waals surface area contributed by atoms with Gasteiger partial charge in [0.05, 0.1) is 0 Å². The van der Waals surface area contributed by atoms with Crippen LogP contribution in [0, 0.1) is 5.41 Å². The molecule has 2 rings (SSSR count). The molecule has 4 heteroatoms. The maximum Gasteiger partial charge on any atom is 0.139 e. The van der Waals surface area contributed by atoms with Gasteiger partial charge >= 0.3 is 0 Å². The fourth-order valence-electron chi connectivity index (χ4n) is 2.85. The highest BCUT2D eigenvalue weighted by Crippen LogP contribution is 2.49. The Kier molecular flexibility index (Phi) is 2.00. The maximum absolute atomic E-state index is 11.7. The topological polar surface area (TPSA) is 65.8 Å². The third-order valence-corrected chi connectivity index (χ3v) is 3.51. The van der Waals surface area contributed by atoms with Crippen molar-refractivity contribution in [1.82, 2.24) is 0 Å². The molecule has 1 spiro atoms. The van der Waals surface area contributed by atoms with E-state index in [1.54, 1.807) is 0 Å². The van der Waals surface area contributed by atoms with Crippen molar-refractivity contribution < 1.29 is 4.79 Å². The lowest BCUT2D eigenvalue weighted by molar-refractivity contribution is -0.126. The van der Waals surface area contributed by atoms with Gasteiger partial charge in [-0.1, -0.05) is 11.5 Å². The van der Waals surface area contributed by atoms with E-state index >= 15 is 0 Å². The zero-order valence-electron chi connectivity index (χ0n) is 7.57. The molecule has 0 bridgehead atoms. The Morgan fingerprint density at radius 3 is 2.85 bits per heavy atom. The Balaban J connectivity index is 2.29. The Labute approximate surface area is 76.9 Å². The fraction of sp³-hybridized carbons (Fsp3) is 0.889. The predicted octanol–water partition coefficient (Wildman–Crippen LogP) is 2.59. The molecule has 0 aromatic heterocycles. The van der Waals surface area contributed by atoms with Gasteiger partial charge in [-0.3, -0.25) is 4.79 Å². The molecule has 2 saturated carbocycles. The van der Waals surface area contributed by atoms with Crippen LogP contribution in [0.25, 0.3) is 10.4 Å². The summed E-state index contributed by atoms with van der Waals surface area (Å²) in [6.07, 6.45) is 5.49. The average molecular weight is 179 g/mol. The van der Waals surface area contributed by atoms with Gasteiger partial charge in [0, 0.05) is 22.8 Å². The Morgan fingerprint density at radius 1 is 1.46 bits per heavy atom. The van der Waals surface area contributed by atoms with Crippen molar-refractivity contribution in [3.05, 3.63) is 10.4 Å². The number of azide groups is 1. The molecule has 0 aromatic rings. The summed E-state index contributed by atoms with van der Waals surface area (Å²) in [6, 6.07) is -0.0486. The third-order valence-electron chi connectivity index (χ3n) is 3.51. The van der Waals surface area contributed by atoms with Gasteiger partial charge in [-0.05, 0) is 31.2 Å². The number of Topliss-reactive ketones (excluding diaryl/α,β-unsaturated/α-hetero) is 1. The summed E-state index contributed by atoms with van der Waals surface area (Å²) < 4.78 is 0. The van der Waals surface area contributed by atoms with Gasteiger partial charge in [0.2, 0.25) is 0 Å². The van der Waals surface area contributed by atoms with Gasteiger partial charge in [0.15, 0.2) is 0 Å². The van der Waals surface area contributed by atoms with E-state index in [2.05, 4.69) is 10.0 Å². The first kappa shape index (κ1) is 8.57. The largest absolute Gasteiger partial charge is 0.299 e. The average Bonchev–Trinajstić information content (AvgIpc) is 2.65. The molecule has 0 saturated heterocycles. The van der Waals surface area contributed by atoms with Gasteiger partial charge in [-0.25, -0.2) is 0 Å². The standard InChI is InChI=1S/C9H13N3O/c10-12-11-7-3-1-5-9(7)6-2-4-8(9)13/h7H,1-6H2/t7-,9-/m0/s1. The molecule has 2 aliphatic carbocycles. The smallest absolute Gasteiger partial charge is 0.139 e. The van der Waals surface area contributed by atoms with Crippen LogP contribution in [0.4, 0.5) is 0 Å². The first-order chi connectivity index (χ1) is 6.29. The number of ketones is 1. The normalized spacial score (nSPS) is 38.2. The van der Waals surface area contributed by atoms with E-state index < -0.39 is 0 Å². The van der Waals surface area contributed by atoms with Crippen LogP contribution in [0.2, 0.25) is 0 Å². The Bertz CT molecular complexity index is 279. The van der Waals surface area contributed by atoms with Gasteiger partial charge in [0.1, 0.15) is 5.78 Å². The van der Waals surface area contributed by atoms with E-state index in [9.17, 15) is 4.79 Å². The molecule has 0 heterocycles. The van der Waals surface area contributed by atoms with Crippen molar-refractivity contribution in [1.29, 1.82) is 0 Å². The summed E-state index contributed by atoms with van der Waals surface area (Å²) in [5.74, 6) is 0.336. The lowest BCUT2D eigenvalue weighted by Crippen LogP contribution is -2.32. The first-order valence-electron chi connectivity index (χ1n) is 4.87. The molecule has 0 aromatic carbocycles. The molecule has 2 aliphatic rings. The summed E-state index contributed by atoms with van der Waals surface area (Å²) >= 11 is 0. The highest BCUT2D eigenvalue weighted by Gasteiger charge is 2.50. The molecule has 0 unspecified atom stereocenters. The third kappa shape index (κ3) is 1.13. The number of nitrogens with zero attached hydrogens (tertiary/aromatic N) is 3. The lowest BCUT2D eigenvalue weighted by atomic mass is 9.80. The SMILES string of the molecule is [N-]=[N+]=N[C@H]1CCC[C@]12CCCC2=O. The number of carbonyl (C=O) groups excluding carboxylic acids is 1. The molecular formula is C9H13N3O. The highest BCUT2D eigenvalue weighted by atomic mass is 16.1. The van der Waals surface area contributed by atoms with E-state index in [-0.39, 0.29) is 11.5 Å². The quantitative estimate of drug-likeness (QED) is 0.346. The van der Waals surface area contributed by atoms with Crippen molar-refractivity contribution >= 4 is 5.78 Å². The summed E-state index contributed by atoms with van der Waals surface area (Å²) in [4.78, 5) is 14.5. The van der Waals surface area contributed by atoms with Gasteiger partial charge in [-0.2, -0.15) is 0 Å². The van der Waals surface area contributed by atoms with Crippen LogP contribution in [0.1, 0.15) is 38.5 Å². The van der Waals surface area contributed by atoms with E-state index in [0.717, 1.165) is 32.1 Å². The predicted molar refractivity (Wildman–Crippen MR) is 48.1 cm³/mol. The number of hydrogen-bond acceptors (Lipinski definition) is 2. The highest BCUT2D eigenvalue weighted by molar-refractivity contribution is 5.87. The molecule has 4 nitrogen and oxygen atoms in total. The van der Waals surface area contributed by atoms with Crippen molar-refractivity contribution in [2.45, 2.75) is 44.6 Å². The van der Waals surface area contributed by atoms with E-state index in [4.69, 9.17) is 5.53 Å². The minimum Gasteiger partial charge on any atom is -0.299 e. The minimum atomic E-state index is -0.244. The van der Waals surface area contributed by atoms with Crippen molar-refractivity contribution in [3.8, 4) is 0 Å². The molecule has 0 radical (unpaired) electrons. The van der Waals surface area contributed by atoms with E-state index in [0.29, 0.717) is 12.2 Å². The second-order valence-electron chi connectivity index (χ2n) is 4.05. The van der Waals surface area contributed by atoms with Crippen LogP contribution in [-0.2, 0) is 4.79 Å². The van der Waals surface area contributed by atoms with E-state index in [1.807, 2.05) is 0 Å². The van der Waals surface area contributed by atoms with Crippen molar-refractivity contribution in [2.75, 3.05) is 0 Å². The number of carbonyl (C=O) groups is 1. The van der Waals surface area contributed by atoms with Crippen LogP contribution < -0.4 is 0 Å². The Morgan fingerprint density at radius 2 is 2.23 bits per heavy atom. The molecular weight excluding hydrogens is 166 g/mol. The van der Waals surface area contributed by atoms with Crippen LogP contribution in [0.5, 0.6) is 0 Å². The second kappa shape index (κ2) is 3.04. The van der Waals surface area contributed by atoms with Crippen LogP contribution in [0.3, 0.4) is 0 Å². The molecule has 0 amide bonds. The molecule has 2 fully saturated rings. The monoisotopic (exact) mass is 179 g/mol. The molecule has 70 valence electrons. The fourth-order valence-corrected chi connectivity index (χ4v) is 2.85. The summed E-state index contributed by atoms with van der Waals surface area (Å²) in [6.45, 7) is 0. The minimum absolute atomic E-state index is 0.0486. The van der Waals surface area contributed by atoms with Crippen LogP contribution in [-0.4, -0.2) is 11.8 Å². The number of rotatable bonds is 1. The summed E-state index contributed by atoms with van der Waals surface area (Å²) in [5, 5.41) is 3.77. The summed E-state index contributed by atoms with van der Waals surface area (Å²) in [7, 11) is 0. The zero-order chi connectivity index (χ0) is 9.31. The molecule has 13 heavy (non-hydrogen) atoms. The van der Waals surface area contributed by atoms with Gasteiger partial charge < -0.3 is 0 Å². The lowest BCUT2D eigenvalue weighted by Gasteiger charge is -2.25. The second-order valence-corrected chi connectivity index (χ2v) is 4.05. The van der Waals surface area contributed by atoms with Gasteiger partial charge in [0.25, 0.3) is 0 Å². The first-order valence-corrected chi connectivity index (χ1v) is 4.87. The van der Waals surface area contributed by atoms with Crippen LogP contribution in [0.15, 0.2) is 5.11 Å². The van der Waals surface area contributed by atoms with Gasteiger partial charge in [-0.15, -0.1) is 0 Å².